The van der Waals surface area contributed by atoms with E-state index in [2.05, 4.69) is 31.8 Å². The van der Waals surface area contributed by atoms with Crippen molar-refractivity contribution < 1.29 is 9.32 Å². The molecule has 0 saturated carbocycles. The Morgan fingerprint density at radius 2 is 2.05 bits per heavy atom. The normalized spacial score (nSPS) is 11.8. The maximum atomic E-state index is 12.0. The second-order valence-corrected chi connectivity index (χ2v) is 5.19. The molecule has 22 heavy (non-hydrogen) atoms. The minimum atomic E-state index is -0.168. The smallest absolute Gasteiger partial charge is 0.317 e. The average molecular weight is 303 g/mol. The number of amides is 2. The fourth-order valence-corrected chi connectivity index (χ4v) is 1.97. The van der Waals surface area contributed by atoms with Crippen LogP contribution in [0.5, 0.6) is 0 Å². The van der Waals surface area contributed by atoms with Crippen molar-refractivity contribution >= 4 is 11.7 Å². The highest BCUT2D eigenvalue weighted by Gasteiger charge is 2.14. The Hall–Kier alpha value is -2.57. The van der Waals surface area contributed by atoms with E-state index < -0.39 is 0 Å². The Morgan fingerprint density at radius 1 is 1.32 bits per heavy atom. The van der Waals surface area contributed by atoms with Crippen LogP contribution in [0.25, 0.3) is 0 Å². The second kappa shape index (κ2) is 7.44. The minimum Gasteiger partial charge on any atom is -0.370 e. The van der Waals surface area contributed by atoms with Gasteiger partial charge in [0, 0.05) is 32.4 Å². The predicted octanol–water partition coefficient (Wildman–Crippen LogP) is 1.74. The molecule has 7 nitrogen and oxygen atoms in total. The number of nitrogens with one attached hydrogen (secondary N) is 1. The molecule has 0 aliphatic carbocycles. The van der Waals surface area contributed by atoms with Crippen LogP contribution in [-0.2, 0) is 6.54 Å². The van der Waals surface area contributed by atoms with Gasteiger partial charge in [-0.15, -0.1) is 0 Å². The molecule has 1 aromatic heterocycles. The van der Waals surface area contributed by atoms with Crippen LogP contribution in [0.2, 0.25) is 0 Å². The summed E-state index contributed by atoms with van der Waals surface area (Å²) in [7, 11) is 3.70. The molecule has 118 valence electrons. The predicted molar refractivity (Wildman–Crippen MR) is 83.5 cm³/mol. The van der Waals surface area contributed by atoms with Gasteiger partial charge in [-0.2, -0.15) is 4.98 Å². The first-order valence-corrected chi connectivity index (χ1v) is 7.10. The molecular weight excluding hydrogens is 282 g/mol. The molecule has 0 fully saturated rings. The Labute approximate surface area is 129 Å². The van der Waals surface area contributed by atoms with E-state index in [4.69, 9.17) is 0 Å². The van der Waals surface area contributed by atoms with Gasteiger partial charge in [0.1, 0.15) is 0 Å². The lowest BCUT2D eigenvalue weighted by Gasteiger charge is -2.28. The molecule has 0 bridgehead atoms. The van der Waals surface area contributed by atoms with Crippen molar-refractivity contribution in [3.63, 3.8) is 0 Å². The molecular formula is C15H21N5O2. The lowest BCUT2D eigenvalue weighted by atomic mass is 10.2. The maximum Gasteiger partial charge on any atom is 0.317 e. The highest BCUT2D eigenvalue weighted by Crippen LogP contribution is 2.13. The highest BCUT2D eigenvalue weighted by molar-refractivity contribution is 5.73. The summed E-state index contributed by atoms with van der Waals surface area (Å²) in [5.41, 5.74) is 1.12. The number of carbonyl (C=O) groups is 1. The van der Waals surface area contributed by atoms with E-state index >= 15 is 0 Å². The zero-order chi connectivity index (χ0) is 15.9. The van der Waals surface area contributed by atoms with Gasteiger partial charge in [-0.3, -0.25) is 0 Å². The molecule has 0 spiro atoms. The first-order valence-electron chi connectivity index (χ1n) is 7.10. The van der Waals surface area contributed by atoms with Gasteiger partial charge in [0.25, 0.3) is 0 Å². The van der Waals surface area contributed by atoms with E-state index in [1.165, 1.54) is 11.3 Å². The SMILES string of the molecule is C[C@H](CNC(=O)N(C)Cc1ncon1)N(C)c1ccccc1. The molecule has 1 aromatic carbocycles. The van der Waals surface area contributed by atoms with Crippen molar-refractivity contribution in [3.05, 3.63) is 42.5 Å². The van der Waals surface area contributed by atoms with Crippen LogP contribution in [0.15, 0.2) is 41.2 Å². The van der Waals surface area contributed by atoms with Gasteiger partial charge in [-0.1, -0.05) is 23.4 Å². The Bertz CT molecular complexity index is 573. The van der Waals surface area contributed by atoms with E-state index in [0.29, 0.717) is 18.9 Å². The van der Waals surface area contributed by atoms with Gasteiger partial charge >= 0.3 is 6.03 Å². The number of hydrogen-bond donors (Lipinski definition) is 1. The monoisotopic (exact) mass is 303 g/mol. The summed E-state index contributed by atoms with van der Waals surface area (Å²) in [6, 6.07) is 10.1. The first-order chi connectivity index (χ1) is 10.6. The molecule has 2 aromatic rings. The lowest BCUT2D eigenvalue weighted by Crippen LogP contribution is -2.44. The molecule has 1 atom stereocenters. The van der Waals surface area contributed by atoms with Crippen molar-refractivity contribution in [2.24, 2.45) is 0 Å². The summed E-state index contributed by atoms with van der Waals surface area (Å²) >= 11 is 0. The Balaban J connectivity index is 1.80. The topological polar surface area (TPSA) is 74.5 Å². The van der Waals surface area contributed by atoms with Crippen LogP contribution in [-0.4, -0.2) is 47.8 Å². The van der Waals surface area contributed by atoms with Crippen LogP contribution in [0.3, 0.4) is 0 Å². The number of anilines is 1. The van der Waals surface area contributed by atoms with Crippen LogP contribution < -0.4 is 10.2 Å². The first kappa shape index (κ1) is 15.8. The van der Waals surface area contributed by atoms with E-state index in [-0.39, 0.29) is 12.1 Å². The standard InChI is InChI=1S/C15H21N5O2/c1-12(20(3)13-7-5-4-6-8-13)9-16-15(21)19(2)10-14-17-11-22-18-14/h4-8,11-12H,9-10H2,1-3H3,(H,16,21)/t12-/m1/s1. The summed E-state index contributed by atoms with van der Waals surface area (Å²) in [5, 5.41) is 6.59. The van der Waals surface area contributed by atoms with Gasteiger partial charge in [0.05, 0.1) is 6.54 Å². The van der Waals surface area contributed by atoms with Gasteiger partial charge in [0.15, 0.2) is 5.82 Å². The highest BCUT2D eigenvalue weighted by atomic mass is 16.5. The number of nitrogens with zero attached hydrogens (tertiary/aromatic N) is 4. The second-order valence-electron chi connectivity index (χ2n) is 5.19. The summed E-state index contributed by atoms with van der Waals surface area (Å²) in [6.45, 7) is 2.92. The molecule has 2 rings (SSSR count). The molecule has 0 aliphatic rings. The van der Waals surface area contributed by atoms with Crippen LogP contribution in [0.1, 0.15) is 12.7 Å². The third kappa shape index (κ3) is 4.21. The number of urea groups is 1. The number of benzene rings is 1. The summed E-state index contributed by atoms with van der Waals surface area (Å²) < 4.78 is 4.65. The van der Waals surface area contributed by atoms with Crippen molar-refractivity contribution in [2.75, 3.05) is 25.5 Å². The third-order valence-electron chi connectivity index (χ3n) is 3.51. The van der Waals surface area contributed by atoms with E-state index in [1.807, 2.05) is 37.4 Å². The van der Waals surface area contributed by atoms with Crippen LogP contribution in [0, 0.1) is 0 Å². The number of rotatable bonds is 6. The van der Waals surface area contributed by atoms with Gasteiger partial charge in [0.2, 0.25) is 6.39 Å². The summed E-state index contributed by atoms with van der Waals surface area (Å²) in [5.74, 6) is 0.479. The molecule has 0 unspecified atom stereocenters. The molecule has 0 saturated heterocycles. The number of para-hydroxylation sites is 1. The van der Waals surface area contributed by atoms with Gasteiger partial charge in [-0.25, -0.2) is 4.79 Å². The number of carbonyl (C=O) groups excluding carboxylic acids is 1. The zero-order valence-electron chi connectivity index (χ0n) is 13.1. The fourth-order valence-electron chi connectivity index (χ4n) is 1.97. The van der Waals surface area contributed by atoms with E-state index in [0.717, 1.165) is 5.69 Å². The Morgan fingerprint density at radius 3 is 2.68 bits per heavy atom. The minimum absolute atomic E-state index is 0.168. The van der Waals surface area contributed by atoms with Gasteiger partial charge < -0.3 is 19.6 Å². The molecule has 1 N–H and O–H groups in total. The molecule has 0 aliphatic heterocycles. The fraction of sp³-hybridized carbons (Fsp3) is 0.400. The quantitative estimate of drug-likeness (QED) is 0.880. The third-order valence-corrected chi connectivity index (χ3v) is 3.51. The maximum absolute atomic E-state index is 12.0. The zero-order valence-corrected chi connectivity index (χ0v) is 13.1. The number of aromatic nitrogens is 2. The summed E-state index contributed by atoms with van der Waals surface area (Å²) in [6.07, 6.45) is 1.25. The molecule has 1 heterocycles. The lowest BCUT2D eigenvalue weighted by molar-refractivity contribution is 0.204. The molecule has 7 heteroatoms. The number of likely N-dealkylation sites (N-methyl/N-ethyl adjacent to an activating group) is 1. The average Bonchev–Trinajstić information content (AvgIpc) is 3.05. The van der Waals surface area contributed by atoms with Gasteiger partial charge in [-0.05, 0) is 19.1 Å². The van der Waals surface area contributed by atoms with Crippen molar-refractivity contribution in [1.29, 1.82) is 0 Å². The van der Waals surface area contributed by atoms with Crippen molar-refractivity contribution in [1.82, 2.24) is 20.4 Å². The molecule has 0 radical (unpaired) electrons. The van der Waals surface area contributed by atoms with E-state index in [9.17, 15) is 4.79 Å². The summed E-state index contributed by atoms with van der Waals surface area (Å²) in [4.78, 5) is 19.6. The Kier molecular flexibility index (Phi) is 5.35. The molecule has 2 amide bonds. The number of hydrogen-bond acceptors (Lipinski definition) is 5. The largest absolute Gasteiger partial charge is 0.370 e. The van der Waals surface area contributed by atoms with Crippen LogP contribution in [0.4, 0.5) is 10.5 Å². The van der Waals surface area contributed by atoms with Crippen LogP contribution >= 0.6 is 0 Å². The van der Waals surface area contributed by atoms with Crippen molar-refractivity contribution in [2.45, 2.75) is 19.5 Å². The van der Waals surface area contributed by atoms with E-state index in [1.54, 1.807) is 7.05 Å². The van der Waals surface area contributed by atoms with Crippen molar-refractivity contribution in [3.8, 4) is 0 Å².